The molecule has 0 aromatic rings. The smallest absolute Gasteiger partial charge is 0.221 e. The highest BCUT2D eigenvalue weighted by Gasteiger charge is 2.28. The van der Waals surface area contributed by atoms with E-state index in [9.17, 15) is 4.79 Å². The van der Waals surface area contributed by atoms with Crippen molar-refractivity contribution < 1.29 is 4.79 Å². The first-order valence-electron chi connectivity index (χ1n) is 5.08. The summed E-state index contributed by atoms with van der Waals surface area (Å²) in [6.45, 7) is 1.80. The molecule has 4 nitrogen and oxygen atoms in total. The molecule has 0 aliphatic heterocycles. The number of amides is 1. The van der Waals surface area contributed by atoms with Gasteiger partial charge in [0.15, 0.2) is 0 Å². The number of hydrogen-bond acceptors (Lipinski definition) is 3. The van der Waals surface area contributed by atoms with E-state index in [1.54, 1.807) is 6.92 Å². The minimum atomic E-state index is -0.114. The van der Waals surface area contributed by atoms with Gasteiger partial charge < -0.3 is 11.1 Å². The van der Waals surface area contributed by atoms with Gasteiger partial charge >= 0.3 is 0 Å². The molecule has 0 heterocycles. The lowest BCUT2D eigenvalue weighted by Gasteiger charge is -2.16. The quantitative estimate of drug-likeness (QED) is 0.689. The van der Waals surface area contributed by atoms with Gasteiger partial charge in [0.05, 0.1) is 12.0 Å². The number of carbonyl (C=O) groups is 1. The van der Waals surface area contributed by atoms with E-state index in [4.69, 9.17) is 11.0 Å². The van der Waals surface area contributed by atoms with Crippen LogP contribution in [0.1, 0.15) is 32.6 Å². The molecule has 1 amide bonds. The summed E-state index contributed by atoms with van der Waals surface area (Å²) in [7, 11) is 0. The lowest BCUT2D eigenvalue weighted by molar-refractivity contribution is -0.122. The summed E-state index contributed by atoms with van der Waals surface area (Å²) >= 11 is 0. The van der Waals surface area contributed by atoms with Crippen LogP contribution in [0.25, 0.3) is 0 Å². The molecule has 1 saturated carbocycles. The molecule has 1 rings (SSSR count). The SMILES string of the molecule is CC(N)CC(=O)NC1CCCC1C#N. The normalized spacial score (nSPS) is 28.1. The molecule has 0 radical (unpaired) electrons. The van der Waals surface area contributed by atoms with Crippen LogP contribution in [0.4, 0.5) is 0 Å². The van der Waals surface area contributed by atoms with E-state index in [1.807, 2.05) is 0 Å². The summed E-state index contributed by atoms with van der Waals surface area (Å²) in [5.74, 6) is -0.0424. The van der Waals surface area contributed by atoms with Gasteiger partial charge in [0.25, 0.3) is 0 Å². The Morgan fingerprint density at radius 1 is 1.71 bits per heavy atom. The Bertz CT molecular complexity index is 244. The number of nitrogens with zero attached hydrogens (tertiary/aromatic N) is 1. The summed E-state index contributed by atoms with van der Waals surface area (Å²) in [5, 5.41) is 11.7. The first kappa shape index (κ1) is 11.0. The highest BCUT2D eigenvalue weighted by Crippen LogP contribution is 2.24. The van der Waals surface area contributed by atoms with Gasteiger partial charge in [0.2, 0.25) is 5.91 Å². The molecule has 1 fully saturated rings. The molecule has 3 N–H and O–H groups in total. The predicted octanol–water partition coefficient (Wildman–Crippen LogP) is 0.532. The molecule has 78 valence electrons. The first-order chi connectivity index (χ1) is 6.63. The van der Waals surface area contributed by atoms with Crippen molar-refractivity contribution in [2.24, 2.45) is 11.7 Å². The van der Waals surface area contributed by atoms with Crippen molar-refractivity contribution >= 4 is 5.91 Å². The summed E-state index contributed by atoms with van der Waals surface area (Å²) in [4.78, 5) is 11.4. The van der Waals surface area contributed by atoms with E-state index in [2.05, 4.69) is 11.4 Å². The monoisotopic (exact) mass is 195 g/mol. The summed E-state index contributed by atoms with van der Waals surface area (Å²) < 4.78 is 0. The fraction of sp³-hybridized carbons (Fsp3) is 0.800. The van der Waals surface area contributed by atoms with Crippen molar-refractivity contribution in [1.82, 2.24) is 5.32 Å². The second-order valence-electron chi connectivity index (χ2n) is 4.02. The highest BCUT2D eigenvalue weighted by molar-refractivity contribution is 5.76. The zero-order valence-corrected chi connectivity index (χ0v) is 8.49. The van der Waals surface area contributed by atoms with Crippen molar-refractivity contribution in [3.05, 3.63) is 0 Å². The fourth-order valence-electron chi connectivity index (χ4n) is 1.85. The topological polar surface area (TPSA) is 78.9 Å². The van der Waals surface area contributed by atoms with Crippen LogP contribution in [0, 0.1) is 17.2 Å². The van der Waals surface area contributed by atoms with Crippen LogP contribution in [-0.4, -0.2) is 18.0 Å². The molecule has 4 heteroatoms. The fourth-order valence-corrected chi connectivity index (χ4v) is 1.85. The minimum absolute atomic E-state index is 0.00738. The maximum absolute atomic E-state index is 11.4. The van der Waals surface area contributed by atoms with Crippen LogP contribution in [0.5, 0.6) is 0 Å². The lowest BCUT2D eigenvalue weighted by Crippen LogP contribution is -2.39. The zero-order chi connectivity index (χ0) is 10.6. The van der Waals surface area contributed by atoms with E-state index in [1.165, 1.54) is 0 Å². The number of rotatable bonds is 3. The van der Waals surface area contributed by atoms with E-state index < -0.39 is 0 Å². The first-order valence-corrected chi connectivity index (χ1v) is 5.08. The lowest BCUT2D eigenvalue weighted by atomic mass is 10.1. The third-order valence-electron chi connectivity index (χ3n) is 2.54. The standard InChI is InChI=1S/C10H17N3O/c1-7(12)5-10(14)13-9-4-2-3-8(9)6-11/h7-9H,2-5,12H2,1H3,(H,13,14). The number of carbonyl (C=O) groups excluding carboxylic acids is 1. The van der Waals surface area contributed by atoms with Gasteiger partial charge in [0, 0.05) is 18.5 Å². The number of hydrogen-bond donors (Lipinski definition) is 2. The Labute approximate surface area is 84.5 Å². The molecule has 0 saturated heterocycles. The summed E-state index contributed by atoms with van der Waals surface area (Å²) in [6, 6.07) is 2.16. The Morgan fingerprint density at radius 2 is 2.43 bits per heavy atom. The highest BCUT2D eigenvalue weighted by atomic mass is 16.1. The molecule has 0 aromatic heterocycles. The van der Waals surface area contributed by atoms with Crippen molar-refractivity contribution in [3.63, 3.8) is 0 Å². The summed E-state index contributed by atoms with van der Waals surface area (Å²) in [5.41, 5.74) is 5.51. The third-order valence-corrected chi connectivity index (χ3v) is 2.54. The molecule has 1 aliphatic carbocycles. The van der Waals surface area contributed by atoms with Gasteiger partial charge in [-0.1, -0.05) is 0 Å². The molecule has 3 unspecified atom stereocenters. The van der Waals surface area contributed by atoms with Crippen LogP contribution in [-0.2, 0) is 4.79 Å². The van der Waals surface area contributed by atoms with Crippen LogP contribution in [0.15, 0.2) is 0 Å². The maximum atomic E-state index is 11.4. The third kappa shape index (κ3) is 3.00. The van der Waals surface area contributed by atoms with E-state index >= 15 is 0 Å². The van der Waals surface area contributed by atoms with Gasteiger partial charge in [-0.15, -0.1) is 0 Å². The average Bonchev–Trinajstić information content (AvgIpc) is 2.50. The van der Waals surface area contributed by atoms with E-state index in [-0.39, 0.29) is 23.9 Å². The van der Waals surface area contributed by atoms with E-state index in [0.29, 0.717) is 6.42 Å². The Hall–Kier alpha value is -1.08. The second kappa shape index (κ2) is 4.97. The number of nitrogens with one attached hydrogen (secondary N) is 1. The zero-order valence-electron chi connectivity index (χ0n) is 8.49. The van der Waals surface area contributed by atoms with Crippen LogP contribution in [0.3, 0.4) is 0 Å². The molecular weight excluding hydrogens is 178 g/mol. The van der Waals surface area contributed by atoms with Crippen molar-refractivity contribution in [3.8, 4) is 6.07 Å². The minimum Gasteiger partial charge on any atom is -0.352 e. The molecule has 3 atom stereocenters. The largest absolute Gasteiger partial charge is 0.352 e. The average molecular weight is 195 g/mol. The molecule has 0 spiro atoms. The van der Waals surface area contributed by atoms with Crippen molar-refractivity contribution in [1.29, 1.82) is 5.26 Å². The second-order valence-corrected chi connectivity index (χ2v) is 4.02. The Kier molecular flexibility index (Phi) is 3.90. The Balaban J connectivity index is 2.37. The molecule has 0 bridgehead atoms. The van der Waals surface area contributed by atoms with Crippen molar-refractivity contribution in [2.45, 2.75) is 44.7 Å². The van der Waals surface area contributed by atoms with Gasteiger partial charge in [-0.05, 0) is 26.2 Å². The summed E-state index contributed by atoms with van der Waals surface area (Å²) in [6.07, 6.45) is 3.19. The van der Waals surface area contributed by atoms with Gasteiger partial charge in [-0.3, -0.25) is 4.79 Å². The predicted molar refractivity (Wildman–Crippen MR) is 53.2 cm³/mol. The molecular formula is C10H17N3O. The van der Waals surface area contributed by atoms with Crippen LogP contribution < -0.4 is 11.1 Å². The number of nitriles is 1. The van der Waals surface area contributed by atoms with Crippen LogP contribution in [0.2, 0.25) is 0 Å². The Morgan fingerprint density at radius 3 is 3.00 bits per heavy atom. The number of nitrogens with two attached hydrogens (primary N) is 1. The maximum Gasteiger partial charge on any atom is 0.221 e. The van der Waals surface area contributed by atoms with E-state index in [0.717, 1.165) is 19.3 Å². The molecule has 1 aliphatic rings. The van der Waals surface area contributed by atoms with Gasteiger partial charge in [-0.25, -0.2) is 0 Å². The van der Waals surface area contributed by atoms with Gasteiger partial charge in [0.1, 0.15) is 0 Å². The molecule has 14 heavy (non-hydrogen) atoms. The molecule has 0 aromatic carbocycles. The van der Waals surface area contributed by atoms with Crippen LogP contribution >= 0.6 is 0 Å². The van der Waals surface area contributed by atoms with Gasteiger partial charge in [-0.2, -0.15) is 5.26 Å². The van der Waals surface area contributed by atoms with Crippen molar-refractivity contribution in [2.75, 3.05) is 0 Å².